The summed E-state index contributed by atoms with van der Waals surface area (Å²) in [6.45, 7) is -0.157. The lowest BCUT2D eigenvalue weighted by Crippen LogP contribution is -2.22. The van der Waals surface area contributed by atoms with Crippen LogP contribution in [0.2, 0.25) is 0 Å². The van der Waals surface area contributed by atoms with Gasteiger partial charge in [-0.3, -0.25) is 9.52 Å². The highest BCUT2D eigenvalue weighted by Gasteiger charge is 2.20. The van der Waals surface area contributed by atoms with Crippen LogP contribution in [0.4, 0.5) is 33.1 Å². The zero-order valence-electron chi connectivity index (χ0n) is 23.1. The molecule has 0 saturated heterocycles. The third-order valence-electron chi connectivity index (χ3n) is 6.12. The highest BCUT2D eigenvalue weighted by Crippen LogP contribution is 2.31. The molecule has 0 bridgehead atoms. The van der Waals surface area contributed by atoms with Gasteiger partial charge in [-0.25, -0.2) is 22.8 Å². The molecule has 0 unspecified atom stereocenters. The van der Waals surface area contributed by atoms with Crippen LogP contribution in [0.3, 0.4) is 0 Å². The van der Waals surface area contributed by atoms with E-state index in [0.29, 0.717) is 33.9 Å². The lowest BCUT2D eigenvalue weighted by molar-refractivity contribution is -0.114. The number of rotatable bonds is 11. The second-order valence-electron chi connectivity index (χ2n) is 9.18. The summed E-state index contributed by atoms with van der Waals surface area (Å²) in [5, 5.41) is 8.57. The molecule has 5 rings (SSSR count). The molecule has 0 atom stereocenters. The predicted molar refractivity (Wildman–Crippen MR) is 163 cm³/mol. The summed E-state index contributed by atoms with van der Waals surface area (Å²) in [6, 6.07) is 23.6. The number of ether oxygens (including phenoxy) is 2. The highest BCUT2D eigenvalue weighted by atomic mass is 32.2. The number of methoxy groups -OCH3 is 2. The van der Waals surface area contributed by atoms with Gasteiger partial charge in [0.1, 0.15) is 17.3 Å². The van der Waals surface area contributed by atoms with Crippen molar-refractivity contribution in [3.63, 3.8) is 0 Å². The number of hydrogen-bond acceptors (Lipinski definition) is 9. The Morgan fingerprint density at radius 3 is 2.09 bits per heavy atom. The Labute approximate surface area is 247 Å². The van der Waals surface area contributed by atoms with Crippen LogP contribution in [0.15, 0.2) is 95.9 Å². The van der Waals surface area contributed by atoms with Crippen LogP contribution in [0.25, 0.3) is 11.0 Å². The molecule has 0 aliphatic carbocycles. The molecule has 5 aromatic rings. The second-order valence-corrected chi connectivity index (χ2v) is 10.9. The van der Waals surface area contributed by atoms with Crippen molar-refractivity contribution in [1.29, 1.82) is 0 Å². The molecular weight excluding hydrogens is 575 g/mol. The number of carbonyl (C=O) groups excluding carboxylic acids is 1. The molecule has 11 nitrogen and oxygen atoms in total. The van der Waals surface area contributed by atoms with Crippen molar-refractivity contribution < 1.29 is 27.1 Å². The standard InChI is InChI=1S/C30H27FN6O5S/c1-41-23-14-22(15-24(17-23)42-2)34-29-30(36-27-12-4-3-11-26(27)35-29)37-43(39,40)25-10-6-9-21(16-25)33-28(38)18-32-20-8-5-7-19(31)13-20/h3-17,32H,18H2,1-2H3,(H,33,38)(H,34,35)(H,36,37). The number of para-hydroxylation sites is 2. The minimum absolute atomic E-state index is 0.0470. The van der Waals surface area contributed by atoms with E-state index in [1.54, 1.807) is 54.6 Å². The first kappa shape index (κ1) is 29.1. The van der Waals surface area contributed by atoms with Gasteiger partial charge in [0.05, 0.1) is 36.7 Å². The first-order valence-corrected chi connectivity index (χ1v) is 14.4. The third kappa shape index (κ3) is 7.26. The molecule has 0 spiro atoms. The number of carbonyl (C=O) groups is 1. The van der Waals surface area contributed by atoms with E-state index in [4.69, 9.17) is 9.47 Å². The van der Waals surface area contributed by atoms with E-state index in [9.17, 15) is 17.6 Å². The average molecular weight is 603 g/mol. The quantitative estimate of drug-likeness (QED) is 0.157. The van der Waals surface area contributed by atoms with Crippen LogP contribution in [-0.2, 0) is 14.8 Å². The largest absolute Gasteiger partial charge is 0.497 e. The van der Waals surface area contributed by atoms with Crippen LogP contribution >= 0.6 is 0 Å². The second kappa shape index (κ2) is 12.6. The summed E-state index contributed by atoms with van der Waals surface area (Å²) in [6.07, 6.45) is 0. The van der Waals surface area contributed by atoms with Gasteiger partial charge in [0.15, 0.2) is 11.6 Å². The summed E-state index contributed by atoms with van der Waals surface area (Å²) in [5.41, 5.74) is 2.22. The van der Waals surface area contributed by atoms with Crippen molar-refractivity contribution in [3.8, 4) is 11.5 Å². The lowest BCUT2D eigenvalue weighted by Gasteiger charge is -2.15. The van der Waals surface area contributed by atoms with Crippen molar-refractivity contribution in [3.05, 3.63) is 96.8 Å². The van der Waals surface area contributed by atoms with Crippen LogP contribution in [-0.4, -0.2) is 45.1 Å². The van der Waals surface area contributed by atoms with Gasteiger partial charge < -0.3 is 25.4 Å². The molecule has 1 aromatic heterocycles. The van der Waals surface area contributed by atoms with Crippen molar-refractivity contribution in [2.75, 3.05) is 41.4 Å². The number of halogens is 1. The topological polar surface area (TPSA) is 144 Å². The number of hydrogen-bond donors (Lipinski definition) is 4. The van der Waals surface area contributed by atoms with Gasteiger partial charge in [0.25, 0.3) is 10.0 Å². The monoisotopic (exact) mass is 602 g/mol. The molecule has 4 N–H and O–H groups in total. The Balaban J connectivity index is 1.39. The molecule has 0 saturated carbocycles. The van der Waals surface area contributed by atoms with E-state index in [2.05, 4.69) is 30.6 Å². The zero-order valence-corrected chi connectivity index (χ0v) is 23.9. The third-order valence-corrected chi connectivity index (χ3v) is 7.46. The fraction of sp³-hybridized carbons (Fsp3) is 0.100. The summed E-state index contributed by atoms with van der Waals surface area (Å²) >= 11 is 0. The van der Waals surface area contributed by atoms with Crippen LogP contribution < -0.4 is 30.1 Å². The number of anilines is 5. The van der Waals surface area contributed by atoms with Crippen LogP contribution in [0, 0.1) is 5.82 Å². The van der Waals surface area contributed by atoms with Gasteiger partial charge >= 0.3 is 0 Å². The Kier molecular flexibility index (Phi) is 8.53. The lowest BCUT2D eigenvalue weighted by atomic mass is 10.2. The molecule has 220 valence electrons. The fourth-order valence-corrected chi connectivity index (χ4v) is 5.14. The maximum absolute atomic E-state index is 13.5. The molecule has 43 heavy (non-hydrogen) atoms. The fourth-order valence-electron chi connectivity index (χ4n) is 4.09. The minimum Gasteiger partial charge on any atom is -0.497 e. The van der Waals surface area contributed by atoms with Crippen molar-refractivity contribution >= 4 is 55.7 Å². The molecule has 0 fully saturated rings. The molecule has 13 heteroatoms. The molecule has 0 radical (unpaired) electrons. The van der Waals surface area contributed by atoms with Crippen LogP contribution in [0.1, 0.15) is 0 Å². The Morgan fingerprint density at radius 2 is 1.42 bits per heavy atom. The van der Waals surface area contributed by atoms with Gasteiger partial charge in [-0.2, -0.15) is 0 Å². The molecule has 0 aliphatic heterocycles. The van der Waals surface area contributed by atoms with Crippen molar-refractivity contribution in [1.82, 2.24) is 9.97 Å². The molecule has 1 heterocycles. The van der Waals surface area contributed by atoms with Gasteiger partial charge in [-0.05, 0) is 48.5 Å². The number of nitrogens with zero attached hydrogens (tertiary/aromatic N) is 2. The van der Waals surface area contributed by atoms with E-state index < -0.39 is 21.7 Å². The molecular formula is C30H27FN6O5S. The van der Waals surface area contributed by atoms with Gasteiger partial charge in [-0.1, -0.05) is 24.3 Å². The van der Waals surface area contributed by atoms with Crippen LogP contribution in [0.5, 0.6) is 11.5 Å². The number of aromatic nitrogens is 2. The normalized spacial score (nSPS) is 11.0. The predicted octanol–water partition coefficient (Wildman–Crippen LogP) is 5.38. The summed E-state index contributed by atoms with van der Waals surface area (Å²) in [4.78, 5) is 21.5. The number of sulfonamides is 1. The number of nitrogens with one attached hydrogen (secondary N) is 4. The Morgan fingerprint density at radius 1 is 0.767 bits per heavy atom. The zero-order chi connectivity index (χ0) is 30.4. The molecule has 1 amide bonds. The Bertz CT molecular complexity index is 1880. The average Bonchev–Trinajstić information content (AvgIpc) is 3.00. The van der Waals surface area contributed by atoms with Crippen molar-refractivity contribution in [2.45, 2.75) is 4.90 Å². The number of benzene rings is 4. The maximum atomic E-state index is 13.5. The van der Waals surface area contributed by atoms with E-state index >= 15 is 0 Å². The van der Waals surface area contributed by atoms with Gasteiger partial charge in [0.2, 0.25) is 5.91 Å². The van der Waals surface area contributed by atoms with E-state index in [1.165, 1.54) is 50.6 Å². The van der Waals surface area contributed by atoms with E-state index in [1.807, 2.05) is 0 Å². The first-order valence-electron chi connectivity index (χ1n) is 12.9. The minimum atomic E-state index is -4.19. The van der Waals surface area contributed by atoms with E-state index in [0.717, 1.165) is 0 Å². The summed E-state index contributed by atoms with van der Waals surface area (Å²) in [5.74, 6) is 0.242. The molecule has 4 aromatic carbocycles. The summed E-state index contributed by atoms with van der Waals surface area (Å²) in [7, 11) is -1.15. The first-order chi connectivity index (χ1) is 20.7. The van der Waals surface area contributed by atoms with Gasteiger partial charge in [-0.15, -0.1) is 0 Å². The molecule has 0 aliphatic rings. The van der Waals surface area contributed by atoms with Crippen molar-refractivity contribution in [2.24, 2.45) is 0 Å². The highest BCUT2D eigenvalue weighted by molar-refractivity contribution is 7.92. The number of amides is 1. The summed E-state index contributed by atoms with van der Waals surface area (Å²) < 4.78 is 53.6. The SMILES string of the molecule is COc1cc(Nc2nc3ccccc3nc2NS(=O)(=O)c2cccc(NC(=O)CNc3cccc(F)c3)c2)cc(OC)c1. The Hall–Kier alpha value is -5.43. The maximum Gasteiger partial charge on any atom is 0.263 e. The smallest absolute Gasteiger partial charge is 0.263 e. The van der Waals surface area contributed by atoms with Gasteiger partial charge in [0, 0.05) is 35.3 Å². The number of fused-ring (bicyclic) bond motifs is 1. The van der Waals surface area contributed by atoms with E-state index in [-0.39, 0.29) is 28.8 Å².